The van der Waals surface area contributed by atoms with Gasteiger partial charge in [0.25, 0.3) is 5.91 Å². The SMILES string of the molecule is O=C(c1cccc2[nH]ccc12)N1CCC2(CCCC2)CC1. The zero-order valence-electron chi connectivity index (χ0n) is 12.4. The Bertz CT molecular complexity index is 657. The van der Waals surface area contributed by atoms with E-state index in [0.717, 1.165) is 29.6 Å². The van der Waals surface area contributed by atoms with Crippen molar-refractivity contribution < 1.29 is 4.79 Å². The van der Waals surface area contributed by atoms with E-state index in [0.29, 0.717) is 5.41 Å². The number of amides is 1. The molecule has 110 valence electrons. The summed E-state index contributed by atoms with van der Waals surface area (Å²) in [6.07, 6.45) is 9.83. The molecule has 0 unspecified atom stereocenters. The van der Waals surface area contributed by atoms with Crippen LogP contribution in [0, 0.1) is 5.41 Å². The highest BCUT2D eigenvalue weighted by molar-refractivity contribution is 6.06. The molecule has 1 N–H and O–H groups in total. The number of aromatic amines is 1. The number of benzene rings is 1. The van der Waals surface area contributed by atoms with E-state index in [1.54, 1.807) is 0 Å². The van der Waals surface area contributed by atoms with Crippen LogP contribution in [0.5, 0.6) is 0 Å². The van der Waals surface area contributed by atoms with Gasteiger partial charge in [-0.05, 0) is 49.3 Å². The molecule has 2 heterocycles. The Kier molecular flexibility index (Phi) is 3.02. The van der Waals surface area contributed by atoms with E-state index in [1.807, 2.05) is 30.5 Å². The number of fused-ring (bicyclic) bond motifs is 1. The molecule has 2 aromatic rings. The molecule has 0 atom stereocenters. The lowest BCUT2D eigenvalue weighted by molar-refractivity contribution is 0.0589. The number of nitrogens with zero attached hydrogens (tertiary/aromatic N) is 1. The van der Waals surface area contributed by atoms with Crippen molar-refractivity contribution >= 4 is 16.8 Å². The largest absolute Gasteiger partial charge is 0.361 e. The van der Waals surface area contributed by atoms with E-state index in [-0.39, 0.29) is 5.91 Å². The van der Waals surface area contributed by atoms with Crippen molar-refractivity contribution in [3.8, 4) is 0 Å². The van der Waals surface area contributed by atoms with Crippen LogP contribution >= 0.6 is 0 Å². The van der Waals surface area contributed by atoms with E-state index >= 15 is 0 Å². The summed E-state index contributed by atoms with van der Waals surface area (Å²) in [7, 11) is 0. The highest BCUT2D eigenvalue weighted by Gasteiger charge is 2.38. The van der Waals surface area contributed by atoms with Crippen molar-refractivity contribution in [2.45, 2.75) is 38.5 Å². The second-order valence-electron chi connectivity index (χ2n) is 6.74. The zero-order chi connectivity index (χ0) is 14.3. The monoisotopic (exact) mass is 282 g/mol. The fourth-order valence-corrected chi connectivity index (χ4v) is 4.25. The molecular formula is C18H22N2O. The quantitative estimate of drug-likeness (QED) is 0.844. The van der Waals surface area contributed by atoms with Gasteiger partial charge in [-0.15, -0.1) is 0 Å². The standard InChI is InChI=1S/C18H22N2O/c21-17(15-4-3-5-16-14(15)6-11-19-16)20-12-9-18(10-13-20)7-1-2-8-18/h3-6,11,19H,1-2,7-10,12-13H2. The Morgan fingerprint density at radius 1 is 1.05 bits per heavy atom. The third kappa shape index (κ3) is 2.15. The smallest absolute Gasteiger partial charge is 0.254 e. The molecule has 1 aliphatic carbocycles. The Morgan fingerprint density at radius 3 is 2.57 bits per heavy atom. The highest BCUT2D eigenvalue weighted by atomic mass is 16.2. The maximum atomic E-state index is 12.8. The van der Waals surface area contributed by atoms with Crippen LogP contribution < -0.4 is 0 Å². The van der Waals surface area contributed by atoms with Gasteiger partial charge in [0.05, 0.1) is 0 Å². The third-order valence-electron chi connectivity index (χ3n) is 5.60. The number of carbonyl (C=O) groups is 1. The molecule has 0 bridgehead atoms. The predicted octanol–water partition coefficient (Wildman–Crippen LogP) is 3.96. The first kappa shape index (κ1) is 12.9. The minimum atomic E-state index is 0.202. The Hall–Kier alpha value is -1.77. The number of carbonyl (C=O) groups excluding carboxylic acids is 1. The van der Waals surface area contributed by atoms with Crippen molar-refractivity contribution in [3.05, 3.63) is 36.0 Å². The van der Waals surface area contributed by atoms with Gasteiger partial charge >= 0.3 is 0 Å². The number of likely N-dealkylation sites (tertiary alicyclic amines) is 1. The molecule has 0 radical (unpaired) electrons. The van der Waals surface area contributed by atoms with Gasteiger partial charge in [0.15, 0.2) is 0 Å². The molecule has 1 saturated heterocycles. The number of hydrogen-bond donors (Lipinski definition) is 1. The molecule has 2 aliphatic rings. The van der Waals surface area contributed by atoms with E-state index < -0.39 is 0 Å². The van der Waals surface area contributed by atoms with Crippen molar-refractivity contribution in [1.29, 1.82) is 0 Å². The first-order chi connectivity index (χ1) is 10.3. The minimum Gasteiger partial charge on any atom is -0.361 e. The number of hydrogen-bond acceptors (Lipinski definition) is 1. The van der Waals surface area contributed by atoms with Crippen LogP contribution in [-0.2, 0) is 0 Å². The Balaban J connectivity index is 1.54. The first-order valence-electron chi connectivity index (χ1n) is 8.13. The lowest BCUT2D eigenvalue weighted by Gasteiger charge is -2.39. The summed E-state index contributed by atoms with van der Waals surface area (Å²) in [5, 5.41) is 1.05. The maximum absolute atomic E-state index is 12.8. The fraction of sp³-hybridized carbons (Fsp3) is 0.500. The van der Waals surface area contributed by atoms with E-state index in [1.165, 1.54) is 38.5 Å². The minimum absolute atomic E-state index is 0.202. The molecule has 21 heavy (non-hydrogen) atoms. The van der Waals surface area contributed by atoms with E-state index in [9.17, 15) is 4.79 Å². The molecule has 1 aliphatic heterocycles. The summed E-state index contributed by atoms with van der Waals surface area (Å²) in [6, 6.07) is 7.95. The number of rotatable bonds is 1. The summed E-state index contributed by atoms with van der Waals surface area (Å²) in [5.41, 5.74) is 2.46. The van der Waals surface area contributed by atoms with Crippen LogP contribution in [0.3, 0.4) is 0 Å². The Labute approximate surface area is 125 Å². The summed E-state index contributed by atoms with van der Waals surface area (Å²) < 4.78 is 0. The van der Waals surface area contributed by atoms with Gasteiger partial charge in [-0.25, -0.2) is 0 Å². The first-order valence-corrected chi connectivity index (χ1v) is 8.13. The maximum Gasteiger partial charge on any atom is 0.254 e. The van der Waals surface area contributed by atoms with Gasteiger partial charge in [0.2, 0.25) is 0 Å². The van der Waals surface area contributed by atoms with E-state index in [4.69, 9.17) is 0 Å². The van der Waals surface area contributed by atoms with Crippen LogP contribution in [-0.4, -0.2) is 28.9 Å². The molecular weight excluding hydrogens is 260 g/mol. The van der Waals surface area contributed by atoms with Crippen molar-refractivity contribution in [1.82, 2.24) is 9.88 Å². The predicted molar refractivity (Wildman–Crippen MR) is 84.3 cm³/mol. The molecule has 1 amide bonds. The van der Waals surface area contributed by atoms with Crippen LogP contribution in [0.25, 0.3) is 10.9 Å². The van der Waals surface area contributed by atoms with Gasteiger partial charge in [-0.3, -0.25) is 4.79 Å². The van der Waals surface area contributed by atoms with Crippen LogP contribution in [0.15, 0.2) is 30.5 Å². The van der Waals surface area contributed by atoms with Gasteiger partial charge in [-0.1, -0.05) is 18.9 Å². The average molecular weight is 282 g/mol. The summed E-state index contributed by atoms with van der Waals surface area (Å²) in [4.78, 5) is 18.1. The lowest BCUT2D eigenvalue weighted by Crippen LogP contribution is -2.42. The molecule has 1 spiro atoms. The van der Waals surface area contributed by atoms with Gasteiger partial charge in [0.1, 0.15) is 0 Å². The third-order valence-corrected chi connectivity index (χ3v) is 5.60. The van der Waals surface area contributed by atoms with Crippen molar-refractivity contribution in [2.75, 3.05) is 13.1 Å². The normalized spacial score (nSPS) is 21.2. The van der Waals surface area contributed by atoms with Crippen molar-refractivity contribution in [3.63, 3.8) is 0 Å². The number of H-pyrrole nitrogens is 1. The summed E-state index contributed by atoms with van der Waals surface area (Å²) in [6.45, 7) is 1.86. The van der Waals surface area contributed by atoms with Crippen LogP contribution in [0.2, 0.25) is 0 Å². The zero-order valence-corrected chi connectivity index (χ0v) is 12.4. The van der Waals surface area contributed by atoms with Crippen LogP contribution in [0.1, 0.15) is 48.9 Å². The van der Waals surface area contributed by atoms with Gasteiger partial charge < -0.3 is 9.88 Å². The second kappa shape index (κ2) is 4.90. The molecule has 1 aromatic heterocycles. The molecule has 2 fully saturated rings. The second-order valence-corrected chi connectivity index (χ2v) is 6.74. The van der Waals surface area contributed by atoms with E-state index in [2.05, 4.69) is 9.88 Å². The molecule has 3 heteroatoms. The topological polar surface area (TPSA) is 36.1 Å². The Morgan fingerprint density at radius 2 is 1.81 bits per heavy atom. The van der Waals surface area contributed by atoms with Gasteiger partial charge in [-0.2, -0.15) is 0 Å². The molecule has 1 aromatic carbocycles. The lowest BCUT2D eigenvalue weighted by atomic mass is 9.77. The average Bonchev–Trinajstić information content (AvgIpc) is 3.16. The number of nitrogens with one attached hydrogen (secondary N) is 1. The molecule has 4 rings (SSSR count). The molecule has 1 saturated carbocycles. The summed E-state index contributed by atoms with van der Waals surface area (Å²) >= 11 is 0. The summed E-state index contributed by atoms with van der Waals surface area (Å²) in [5.74, 6) is 0.202. The molecule has 3 nitrogen and oxygen atoms in total. The fourth-order valence-electron chi connectivity index (χ4n) is 4.25. The van der Waals surface area contributed by atoms with Crippen LogP contribution in [0.4, 0.5) is 0 Å². The highest BCUT2D eigenvalue weighted by Crippen LogP contribution is 2.46. The van der Waals surface area contributed by atoms with Crippen molar-refractivity contribution in [2.24, 2.45) is 5.41 Å². The number of aromatic nitrogens is 1. The van der Waals surface area contributed by atoms with Gasteiger partial charge in [0, 0.05) is 35.8 Å². The number of piperidine rings is 1.